The van der Waals surface area contributed by atoms with Crippen LogP contribution in [-0.4, -0.2) is 19.5 Å². The predicted octanol–water partition coefficient (Wildman–Crippen LogP) is 3.05. The summed E-state index contributed by atoms with van der Waals surface area (Å²) in [6.07, 6.45) is 3.11. The second kappa shape index (κ2) is 5.46. The summed E-state index contributed by atoms with van der Waals surface area (Å²) in [5.74, 6) is 0.212. The predicted molar refractivity (Wildman–Crippen MR) is 63.8 cm³/mol. The van der Waals surface area contributed by atoms with Gasteiger partial charge in [0.15, 0.2) is 0 Å². The average Bonchev–Trinajstić information content (AvgIpc) is 2.31. The van der Waals surface area contributed by atoms with E-state index in [0.717, 1.165) is 31.3 Å². The van der Waals surface area contributed by atoms with Crippen LogP contribution in [0.4, 0.5) is 0 Å². The van der Waals surface area contributed by atoms with E-state index in [9.17, 15) is 4.79 Å². The molecule has 1 aliphatic rings. The van der Waals surface area contributed by atoms with Gasteiger partial charge >= 0.3 is 0 Å². The van der Waals surface area contributed by atoms with E-state index in [0.29, 0.717) is 17.5 Å². The van der Waals surface area contributed by atoms with Crippen molar-refractivity contribution < 1.29 is 9.53 Å². The Morgan fingerprint density at radius 1 is 1.50 bits per heavy atom. The molecular formula is C13H15ClO2. The molecule has 2 unspecified atom stereocenters. The minimum atomic E-state index is -0.0843. The maximum Gasteiger partial charge on any atom is 0.127 e. The Kier molecular flexibility index (Phi) is 3.97. The van der Waals surface area contributed by atoms with Crippen molar-refractivity contribution in [2.24, 2.45) is 5.92 Å². The van der Waals surface area contributed by atoms with Crippen molar-refractivity contribution >= 4 is 17.9 Å². The fourth-order valence-electron chi connectivity index (χ4n) is 2.22. The zero-order valence-corrected chi connectivity index (χ0v) is 9.82. The summed E-state index contributed by atoms with van der Waals surface area (Å²) in [5.41, 5.74) is 0.998. The topological polar surface area (TPSA) is 26.3 Å². The molecule has 16 heavy (non-hydrogen) atoms. The minimum absolute atomic E-state index is 0.0843. The molecule has 2 nitrogen and oxygen atoms in total. The molecule has 2 atom stereocenters. The number of hydrogen-bond donors (Lipinski definition) is 0. The molecule has 1 fully saturated rings. The zero-order valence-electron chi connectivity index (χ0n) is 9.06. The Hall–Kier alpha value is -0.860. The molecular weight excluding hydrogens is 224 g/mol. The number of carbonyl (C=O) groups is 1. The van der Waals surface area contributed by atoms with Gasteiger partial charge < -0.3 is 9.53 Å². The van der Waals surface area contributed by atoms with Gasteiger partial charge in [-0.15, -0.1) is 0 Å². The van der Waals surface area contributed by atoms with Crippen LogP contribution in [0.3, 0.4) is 0 Å². The summed E-state index contributed by atoms with van der Waals surface area (Å²) in [5, 5.41) is 0.682. The number of rotatable bonds is 3. The van der Waals surface area contributed by atoms with Crippen LogP contribution in [0, 0.1) is 5.92 Å². The monoisotopic (exact) mass is 238 g/mol. The smallest absolute Gasteiger partial charge is 0.127 e. The summed E-state index contributed by atoms with van der Waals surface area (Å²) >= 11 is 5.94. The Labute approximate surface area is 101 Å². The Morgan fingerprint density at radius 2 is 2.38 bits per heavy atom. The molecule has 86 valence electrons. The van der Waals surface area contributed by atoms with Gasteiger partial charge in [0.2, 0.25) is 0 Å². The van der Waals surface area contributed by atoms with Crippen LogP contribution in [0.25, 0.3) is 0 Å². The first kappa shape index (κ1) is 11.6. The SMILES string of the molecule is O=CC(c1cccc(Cl)c1)C1CCCOC1. The average molecular weight is 239 g/mol. The molecule has 2 rings (SSSR count). The first-order chi connectivity index (χ1) is 7.81. The quantitative estimate of drug-likeness (QED) is 0.757. The molecule has 0 bridgehead atoms. The van der Waals surface area contributed by atoms with Crippen LogP contribution in [0.1, 0.15) is 24.3 Å². The normalized spacial score (nSPS) is 22.7. The first-order valence-corrected chi connectivity index (χ1v) is 5.97. The highest BCUT2D eigenvalue weighted by molar-refractivity contribution is 6.30. The number of hydrogen-bond acceptors (Lipinski definition) is 2. The fraction of sp³-hybridized carbons (Fsp3) is 0.462. The van der Waals surface area contributed by atoms with Gasteiger partial charge in [-0.25, -0.2) is 0 Å². The van der Waals surface area contributed by atoms with Crippen molar-refractivity contribution in [1.82, 2.24) is 0 Å². The molecule has 0 spiro atoms. The summed E-state index contributed by atoms with van der Waals surface area (Å²) in [6.45, 7) is 1.49. The van der Waals surface area contributed by atoms with Crippen LogP contribution >= 0.6 is 11.6 Å². The second-order valence-electron chi connectivity index (χ2n) is 4.19. The van der Waals surface area contributed by atoms with Gasteiger partial charge in [0, 0.05) is 17.5 Å². The number of benzene rings is 1. The summed E-state index contributed by atoms with van der Waals surface area (Å²) < 4.78 is 5.42. The lowest BCUT2D eigenvalue weighted by Crippen LogP contribution is -2.24. The van der Waals surface area contributed by atoms with Crippen molar-refractivity contribution in [3.05, 3.63) is 34.9 Å². The van der Waals surface area contributed by atoms with E-state index in [-0.39, 0.29) is 5.92 Å². The van der Waals surface area contributed by atoms with Crippen LogP contribution in [0.5, 0.6) is 0 Å². The summed E-state index contributed by atoms with van der Waals surface area (Å²) in [7, 11) is 0. The first-order valence-electron chi connectivity index (χ1n) is 5.60. The maximum atomic E-state index is 11.2. The number of halogens is 1. The molecule has 0 N–H and O–H groups in total. The van der Waals surface area contributed by atoms with Gasteiger partial charge in [-0.05, 0) is 36.5 Å². The second-order valence-corrected chi connectivity index (χ2v) is 4.63. The minimum Gasteiger partial charge on any atom is -0.381 e. The molecule has 1 aromatic carbocycles. The highest BCUT2D eigenvalue weighted by Gasteiger charge is 2.25. The Bertz CT molecular complexity index is 359. The van der Waals surface area contributed by atoms with E-state index in [4.69, 9.17) is 16.3 Å². The van der Waals surface area contributed by atoms with E-state index in [1.165, 1.54) is 0 Å². The molecule has 1 heterocycles. The third-order valence-corrected chi connectivity index (χ3v) is 3.32. The van der Waals surface area contributed by atoms with Crippen molar-refractivity contribution in [2.45, 2.75) is 18.8 Å². The van der Waals surface area contributed by atoms with E-state index in [2.05, 4.69) is 0 Å². The molecule has 1 aromatic rings. The van der Waals surface area contributed by atoms with Crippen LogP contribution in [0.15, 0.2) is 24.3 Å². The standard InChI is InChI=1S/C13H15ClO2/c14-12-5-1-3-10(7-12)13(8-15)11-4-2-6-16-9-11/h1,3,5,7-8,11,13H,2,4,6,9H2. The molecule has 0 amide bonds. The summed E-state index contributed by atoms with van der Waals surface area (Å²) in [6, 6.07) is 7.54. The molecule has 0 aliphatic carbocycles. The van der Waals surface area contributed by atoms with Crippen molar-refractivity contribution in [3.8, 4) is 0 Å². The summed E-state index contributed by atoms with van der Waals surface area (Å²) in [4.78, 5) is 11.2. The van der Waals surface area contributed by atoms with Crippen LogP contribution in [-0.2, 0) is 9.53 Å². The van der Waals surface area contributed by atoms with Crippen molar-refractivity contribution in [2.75, 3.05) is 13.2 Å². The van der Waals surface area contributed by atoms with Gasteiger partial charge in [-0.3, -0.25) is 0 Å². The third kappa shape index (κ3) is 2.63. The number of carbonyl (C=O) groups excluding carboxylic acids is 1. The van der Waals surface area contributed by atoms with E-state index in [1.54, 1.807) is 0 Å². The Balaban J connectivity index is 2.17. The zero-order chi connectivity index (χ0) is 11.4. The van der Waals surface area contributed by atoms with Crippen LogP contribution in [0.2, 0.25) is 5.02 Å². The van der Waals surface area contributed by atoms with Crippen molar-refractivity contribution in [1.29, 1.82) is 0 Å². The molecule has 0 aromatic heterocycles. The highest BCUT2D eigenvalue weighted by atomic mass is 35.5. The lowest BCUT2D eigenvalue weighted by molar-refractivity contribution is -0.111. The molecule has 0 saturated carbocycles. The Morgan fingerprint density at radius 3 is 3.00 bits per heavy atom. The van der Waals surface area contributed by atoms with Gasteiger partial charge in [0.05, 0.1) is 6.61 Å². The van der Waals surface area contributed by atoms with E-state index < -0.39 is 0 Å². The van der Waals surface area contributed by atoms with E-state index >= 15 is 0 Å². The largest absolute Gasteiger partial charge is 0.381 e. The van der Waals surface area contributed by atoms with Gasteiger partial charge in [0.1, 0.15) is 6.29 Å². The molecule has 1 aliphatic heterocycles. The van der Waals surface area contributed by atoms with Gasteiger partial charge in [0.25, 0.3) is 0 Å². The van der Waals surface area contributed by atoms with Crippen molar-refractivity contribution in [3.63, 3.8) is 0 Å². The number of ether oxygens (including phenoxy) is 1. The van der Waals surface area contributed by atoms with Crippen LogP contribution < -0.4 is 0 Å². The fourth-order valence-corrected chi connectivity index (χ4v) is 2.42. The van der Waals surface area contributed by atoms with Gasteiger partial charge in [-0.1, -0.05) is 23.7 Å². The lowest BCUT2D eigenvalue weighted by Gasteiger charge is -2.27. The van der Waals surface area contributed by atoms with Gasteiger partial charge in [-0.2, -0.15) is 0 Å². The molecule has 3 heteroatoms. The van der Waals surface area contributed by atoms with E-state index in [1.807, 2.05) is 24.3 Å². The highest BCUT2D eigenvalue weighted by Crippen LogP contribution is 2.30. The number of aldehydes is 1. The maximum absolute atomic E-state index is 11.2. The third-order valence-electron chi connectivity index (χ3n) is 3.08. The molecule has 1 saturated heterocycles. The lowest BCUT2D eigenvalue weighted by atomic mass is 9.84. The molecule has 0 radical (unpaired) electrons.